The summed E-state index contributed by atoms with van der Waals surface area (Å²) in [7, 11) is 0. The van der Waals surface area contributed by atoms with Gasteiger partial charge < -0.3 is 10.2 Å². The number of amides is 1. The van der Waals surface area contributed by atoms with Crippen LogP contribution < -0.4 is 5.32 Å². The number of aromatic nitrogens is 1. The summed E-state index contributed by atoms with van der Waals surface area (Å²) in [6.45, 7) is 3.82. The number of carbonyl (C=O) groups excluding carboxylic acids is 1. The molecule has 2 unspecified atom stereocenters. The number of pyridine rings is 1. The van der Waals surface area contributed by atoms with Gasteiger partial charge in [0.15, 0.2) is 0 Å². The minimum absolute atomic E-state index is 0.276. The second kappa shape index (κ2) is 4.11. The summed E-state index contributed by atoms with van der Waals surface area (Å²) in [5, 5.41) is 3.55. The third-order valence-corrected chi connectivity index (χ3v) is 3.88. The first-order valence-electron chi connectivity index (χ1n) is 6.21. The Labute approximate surface area is 101 Å². The zero-order chi connectivity index (χ0) is 11.8. The molecule has 0 saturated carbocycles. The molecule has 0 bridgehead atoms. The van der Waals surface area contributed by atoms with E-state index in [2.05, 4.69) is 23.3 Å². The fraction of sp³-hybridized carbons (Fsp3) is 0.538. The summed E-state index contributed by atoms with van der Waals surface area (Å²) in [6.07, 6.45) is 5.40. The van der Waals surface area contributed by atoms with E-state index in [0.717, 1.165) is 19.5 Å². The highest BCUT2D eigenvalue weighted by Gasteiger charge is 2.39. The predicted molar refractivity (Wildman–Crippen MR) is 64.5 cm³/mol. The quantitative estimate of drug-likeness (QED) is 0.785. The molecule has 3 heterocycles. The van der Waals surface area contributed by atoms with Gasteiger partial charge in [-0.05, 0) is 30.5 Å². The van der Waals surface area contributed by atoms with E-state index in [9.17, 15) is 4.79 Å². The smallest absolute Gasteiger partial charge is 0.223 e. The van der Waals surface area contributed by atoms with Crippen LogP contribution in [0, 0.1) is 6.92 Å². The van der Waals surface area contributed by atoms with Gasteiger partial charge in [-0.3, -0.25) is 9.78 Å². The molecule has 4 nitrogen and oxygen atoms in total. The van der Waals surface area contributed by atoms with E-state index in [4.69, 9.17) is 0 Å². The number of carbonyl (C=O) groups is 1. The van der Waals surface area contributed by atoms with Crippen LogP contribution in [0.25, 0.3) is 0 Å². The standard InChI is InChI=1S/C13H17N3O/c1-9-8-14-5-4-10(9)13-11-2-3-12(17)16(11)7-6-15-13/h4-5,8,11,13,15H,2-3,6-7H2,1H3. The van der Waals surface area contributed by atoms with Crippen molar-refractivity contribution in [3.05, 3.63) is 29.6 Å². The van der Waals surface area contributed by atoms with E-state index in [1.165, 1.54) is 11.1 Å². The van der Waals surface area contributed by atoms with Crippen molar-refractivity contribution < 1.29 is 4.79 Å². The second-order valence-electron chi connectivity index (χ2n) is 4.86. The Morgan fingerprint density at radius 1 is 1.53 bits per heavy atom. The van der Waals surface area contributed by atoms with Gasteiger partial charge in [-0.25, -0.2) is 0 Å². The van der Waals surface area contributed by atoms with E-state index in [1.54, 1.807) is 0 Å². The number of piperazine rings is 1. The first-order chi connectivity index (χ1) is 8.27. The lowest BCUT2D eigenvalue weighted by atomic mass is 9.93. The largest absolute Gasteiger partial charge is 0.337 e. The van der Waals surface area contributed by atoms with Crippen molar-refractivity contribution in [2.75, 3.05) is 13.1 Å². The van der Waals surface area contributed by atoms with Gasteiger partial charge in [0.05, 0.1) is 12.1 Å². The van der Waals surface area contributed by atoms with Gasteiger partial charge in [-0.2, -0.15) is 0 Å². The first-order valence-corrected chi connectivity index (χ1v) is 6.21. The van der Waals surface area contributed by atoms with Crippen LogP contribution in [0.15, 0.2) is 18.5 Å². The van der Waals surface area contributed by atoms with Gasteiger partial charge in [0.25, 0.3) is 0 Å². The van der Waals surface area contributed by atoms with Crippen LogP contribution in [0.5, 0.6) is 0 Å². The van der Waals surface area contributed by atoms with Crippen LogP contribution in [-0.2, 0) is 4.79 Å². The lowest BCUT2D eigenvalue weighted by Gasteiger charge is -2.38. The van der Waals surface area contributed by atoms with Crippen molar-refractivity contribution >= 4 is 5.91 Å². The van der Waals surface area contributed by atoms with Crippen molar-refractivity contribution in [3.63, 3.8) is 0 Å². The van der Waals surface area contributed by atoms with Crippen LogP contribution in [0.4, 0.5) is 0 Å². The second-order valence-corrected chi connectivity index (χ2v) is 4.86. The van der Waals surface area contributed by atoms with Crippen LogP contribution in [0.1, 0.15) is 30.0 Å². The van der Waals surface area contributed by atoms with Crippen molar-refractivity contribution in [3.8, 4) is 0 Å². The summed E-state index contributed by atoms with van der Waals surface area (Å²) in [4.78, 5) is 17.9. The molecule has 1 amide bonds. The van der Waals surface area contributed by atoms with Gasteiger partial charge >= 0.3 is 0 Å². The summed E-state index contributed by atoms with van der Waals surface area (Å²) >= 11 is 0. The third-order valence-electron chi connectivity index (χ3n) is 3.88. The molecule has 2 aliphatic rings. The monoisotopic (exact) mass is 231 g/mol. The van der Waals surface area contributed by atoms with Gasteiger partial charge in [0.1, 0.15) is 0 Å². The summed E-state index contributed by atoms with van der Waals surface area (Å²) in [5.41, 5.74) is 2.48. The van der Waals surface area contributed by atoms with E-state index >= 15 is 0 Å². The van der Waals surface area contributed by atoms with Gasteiger partial charge in [-0.1, -0.05) is 0 Å². The molecule has 17 heavy (non-hydrogen) atoms. The summed E-state index contributed by atoms with van der Waals surface area (Å²) in [6, 6.07) is 2.68. The lowest BCUT2D eigenvalue weighted by molar-refractivity contribution is -0.130. The Hall–Kier alpha value is -1.42. The molecule has 2 saturated heterocycles. The molecule has 90 valence electrons. The molecule has 1 aromatic heterocycles. The average Bonchev–Trinajstić information content (AvgIpc) is 2.72. The maximum Gasteiger partial charge on any atom is 0.223 e. The fourth-order valence-corrected chi connectivity index (χ4v) is 3.02. The summed E-state index contributed by atoms with van der Waals surface area (Å²) < 4.78 is 0. The number of nitrogens with one attached hydrogen (secondary N) is 1. The molecular formula is C13H17N3O. The van der Waals surface area contributed by atoms with Gasteiger partial charge in [-0.15, -0.1) is 0 Å². The maximum atomic E-state index is 11.8. The number of hydrogen-bond acceptors (Lipinski definition) is 3. The van der Waals surface area contributed by atoms with E-state index in [0.29, 0.717) is 18.4 Å². The summed E-state index contributed by atoms with van der Waals surface area (Å²) in [5.74, 6) is 0.313. The first kappa shape index (κ1) is 10.7. The molecule has 0 aromatic carbocycles. The molecule has 4 heteroatoms. The van der Waals surface area contributed by atoms with Crippen LogP contribution in [0.2, 0.25) is 0 Å². The maximum absolute atomic E-state index is 11.8. The SMILES string of the molecule is Cc1cnccc1C1NCCN2C(=O)CCC12. The zero-order valence-electron chi connectivity index (χ0n) is 10.0. The molecule has 0 aliphatic carbocycles. The third kappa shape index (κ3) is 1.72. The Balaban J connectivity index is 1.93. The average molecular weight is 231 g/mol. The van der Waals surface area contributed by atoms with Crippen LogP contribution in [0.3, 0.4) is 0 Å². The van der Waals surface area contributed by atoms with Crippen molar-refractivity contribution in [1.29, 1.82) is 0 Å². The Bertz CT molecular complexity index is 446. The minimum Gasteiger partial charge on any atom is -0.337 e. The number of hydrogen-bond donors (Lipinski definition) is 1. The lowest BCUT2D eigenvalue weighted by Crippen LogP contribution is -2.51. The highest BCUT2D eigenvalue weighted by molar-refractivity contribution is 5.79. The number of rotatable bonds is 1. The van der Waals surface area contributed by atoms with Crippen molar-refractivity contribution in [2.24, 2.45) is 0 Å². The fourth-order valence-electron chi connectivity index (χ4n) is 3.02. The molecular weight excluding hydrogens is 214 g/mol. The molecule has 3 rings (SSSR count). The highest BCUT2D eigenvalue weighted by Crippen LogP contribution is 2.33. The number of nitrogens with zero attached hydrogens (tertiary/aromatic N) is 2. The van der Waals surface area contributed by atoms with Gasteiger partial charge in [0.2, 0.25) is 5.91 Å². The zero-order valence-corrected chi connectivity index (χ0v) is 10.0. The van der Waals surface area contributed by atoms with E-state index < -0.39 is 0 Å². The Kier molecular flexibility index (Phi) is 2.59. The normalized spacial score (nSPS) is 28.3. The Morgan fingerprint density at radius 2 is 2.41 bits per heavy atom. The minimum atomic E-state index is 0.276. The highest BCUT2D eigenvalue weighted by atomic mass is 16.2. The van der Waals surface area contributed by atoms with Crippen molar-refractivity contribution in [2.45, 2.75) is 31.8 Å². The predicted octanol–water partition coefficient (Wildman–Crippen LogP) is 1.03. The molecule has 2 fully saturated rings. The number of aryl methyl sites for hydroxylation is 1. The van der Waals surface area contributed by atoms with Crippen LogP contribution in [-0.4, -0.2) is 34.9 Å². The molecule has 0 radical (unpaired) electrons. The molecule has 1 aromatic rings. The Morgan fingerprint density at radius 3 is 3.24 bits per heavy atom. The molecule has 2 aliphatic heterocycles. The number of fused-ring (bicyclic) bond motifs is 1. The van der Waals surface area contributed by atoms with E-state index in [-0.39, 0.29) is 6.04 Å². The van der Waals surface area contributed by atoms with E-state index in [1.807, 2.05) is 17.3 Å². The molecule has 2 atom stereocenters. The van der Waals surface area contributed by atoms with Crippen LogP contribution >= 0.6 is 0 Å². The molecule has 0 spiro atoms. The van der Waals surface area contributed by atoms with Gasteiger partial charge in [0, 0.05) is 31.9 Å². The topological polar surface area (TPSA) is 45.2 Å². The molecule has 1 N–H and O–H groups in total. The van der Waals surface area contributed by atoms with Crippen molar-refractivity contribution in [1.82, 2.24) is 15.2 Å².